The normalized spacial score (nSPS) is 25.8. The van der Waals surface area contributed by atoms with E-state index < -0.39 is 16.9 Å². The molecule has 0 radical (unpaired) electrons. The fourth-order valence-corrected chi connectivity index (χ4v) is 4.67. The Kier molecular flexibility index (Phi) is 4.19. The first-order valence-electron chi connectivity index (χ1n) is 9.92. The second kappa shape index (κ2) is 6.79. The Bertz CT molecular complexity index is 1100. The first-order chi connectivity index (χ1) is 14.5. The lowest BCUT2D eigenvalue weighted by Crippen LogP contribution is -2.39. The van der Waals surface area contributed by atoms with Crippen molar-refractivity contribution < 1.29 is 23.8 Å². The van der Waals surface area contributed by atoms with Gasteiger partial charge in [-0.3, -0.25) is 24.6 Å². The average molecular weight is 409 g/mol. The predicted molar refractivity (Wildman–Crippen MR) is 103 cm³/mol. The lowest BCUT2D eigenvalue weighted by atomic mass is 9.77. The third-order valence-corrected chi connectivity index (χ3v) is 6.02. The fourth-order valence-electron chi connectivity index (χ4n) is 4.67. The number of aromatic nitrogens is 1. The minimum absolute atomic E-state index is 0.0281. The van der Waals surface area contributed by atoms with Crippen molar-refractivity contribution >= 4 is 23.2 Å². The third-order valence-electron chi connectivity index (χ3n) is 6.02. The smallest absolute Gasteiger partial charge is 0.295 e. The van der Waals surface area contributed by atoms with E-state index in [9.17, 15) is 19.7 Å². The van der Waals surface area contributed by atoms with Crippen molar-refractivity contribution in [2.24, 2.45) is 5.92 Å². The van der Waals surface area contributed by atoms with E-state index in [-0.39, 0.29) is 40.6 Å². The first-order valence-corrected chi connectivity index (χ1v) is 9.92. The number of carbonyl (C=O) groups excluding carboxylic acids is 2. The number of amides is 1. The van der Waals surface area contributed by atoms with Gasteiger partial charge in [0.05, 0.1) is 22.5 Å². The van der Waals surface area contributed by atoms with Gasteiger partial charge in [-0.15, -0.1) is 0 Å². The molecule has 1 aromatic heterocycles. The number of anilines is 1. The summed E-state index contributed by atoms with van der Waals surface area (Å²) in [5.41, 5.74) is 0.587. The van der Waals surface area contributed by atoms with Gasteiger partial charge in [-0.2, -0.15) is 0 Å². The van der Waals surface area contributed by atoms with Crippen LogP contribution in [0.5, 0.6) is 0 Å². The summed E-state index contributed by atoms with van der Waals surface area (Å²) in [6.07, 6.45) is 3.01. The van der Waals surface area contributed by atoms with E-state index in [2.05, 4.69) is 5.16 Å². The van der Waals surface area contributed by atoms with E-state index in [1.807, 2.05) is 0 Å². The highest BCUT2D eigenvalue weighted by atomic mass is 16.6. The molecule has 1 aromatic carbocycles. The maximum absolute atomic E-state index is 13.5. The van der Waals surface area contributed by atoms with Crippen LogP contribution in [0, 0.1) is 23.0 Å². The number of hydrogen-bond donors (Lipinski definition) is 0. The second-order valence-corrected chi connectivity index (χ2v) is 7.88. The number of aryl methyl sites for hydroxylation is 1. The third kappa shape index (κ3) is 2.72. The fraction of sp³-hybridized carbons (Fsp3) is 0.381. The van der Waals surface area contributed by atoms with Crippen molar-refractivity contribution in [2.45, 2.75) is 44.8 Å². The highest BCUT2D eigenvalue weighted by Crippen LogP contribution is 2.48. The molecule has 9 heteroatoms. The van der Waals surface area contributed by atoms with Gasteiger partial charge in [0.1, 0.15) is 11.9 Å². The number of Topliss-reactive ketones (excluding diaryl/α,β-unsaturated/α-hetero) is 1. The molecule has 2 aromatic rings. The Hall–Kier alpha value is -3.49. The quantitative estimate of drug-likeness (QED) is 0.563. The number of nitro benzene ring substituents is 1. The molecule has 1 saturated carbocycles. The summed E-state index contributed by atoms with van der Waals surface area (Å²) in [7, 11) is 0. The molecule has 3 atom stereocenters. The zero-order valence-electron chi connectivity index (χ0n) is 16.2. The zero-order valence-corrected chi connectivity index (χ0v) is 16.2. The number of ketones is 1. The molecular formula is C21H19N3O6. The molecule has 1 aliphatic carbocycles. The number of hydrogen-bond acceptors (Lipinski definition) is 7. The number of fused-ring (bicyclic) bond motifs is 1. The number of nitro groups is 1. The van der Waals surface area contributed by atoms with Gasteiger partial charge < -0.3 is 9.26 Å². The molecule has 1 fully saturated rings. The van der Waals surface area contributed by atoms with Gasteiger partial charge in [0.25, 0.3) is 11.6 Å². The van der Waals surface area contributed by atoms with E-state index in [0.717, 1.165) is 19.3 Å². The minimum Gasteiger partial charge on any atom is -0.483 e. The number of rotatable bonds is 3. The van der Waals surface area contributed by atoms with Crippen molar-refractivity contribution in [3.63, 3.8) is 0 Å². The predicted octanol–water partition coefficient (Wildman–Crippen LogP) is 3.39. The number of nitrogens with zero attached hydrogens (tertiary/aromatic N) is 3. The molecule has 1 amide bonds. The van der Waals surface area contributed by atoms with Crippen LogP contribution in [0.3, 0.4) is 0 Å². The first kappa shape index (κ1) is 18.5. The van der Waals surface area contributed by atoms with Crippen molar-refractivity contribution in [3.05, 3.63) is 63.1 Å². The molecule has 0 saturated heterocycles. The van der Waals surface area contributed by atoms with E-state index in [0.29, 0.717) is 17.7 Å². The zero-order chi connectivity index (χ0) is 21.0. The Morgan fingerprint density at radius 3 is 2.73 bits per heavy atom. The largest absolute Gasteiger partial charge is 0.483 e. The van der Waals surface area contributed by atoms with Crippen LogP contribution >= 0.6 is 0 Å². The summed E-state index contributed by atoms with van der Waals surface area (Å²) in [5, 5.41) is 15.3. The summed E-state index contributed by atoms with van der Waals surface area (Å²) in [6.45, 7) is 1.70. The summed E-state index contributed by atoms with van der Waals surface area (Å²) in [4.78, 5) is 39.0. The van der Waals surface area contributed by atoms with Gasteiger partial charge in [-0.25, -0.2) is 0 Å². The summed E-state index contributed by atoms with van der Waals surface area (Å²) < 4.78 is 11.2. The van der Waals surface area contributed by atoms with Crippen molar-refractivity contribution in [1.82, 2.24) is 5.16 Å². The van der Waals surface area contributed by atoms with E-state index in [4.69, 9.17) is 9.26 Å². The standard InChI is InChI=1S/C21H19N3O6/c1-11-9-16(22-30-11)23-18(12-5-4-6-13(10-12)24(27)28)17-19(25)14-7-2-3-8-15(14)29-20(17)21(23)26/h4-6,9-10,14-15,18H,2-3,7-8H2,1H3. The van der Waals surface area contributed by atoms with Gasteiger partial charge in [0, 0.05) is 18.2 Å². The molecule has 154 valence electrons. The van der Waals surface area contributed by atoms with Crippen LogP contribution in [0.15, 0.2) is 46.2 Å². The molecule has 3 unspecified atom stereocenters. The Labute approximate surface area is 171 Å². The van der Waals surface area contributed by atoms with Crippen LogP contribution in [0.1, 0.15) is 43.0 Å². The maximum Gasteiger partial charge on any atom is 0.295 e. The Morgan fingerprint density at radius 2 is 2.00 bits per heavy atom. The van der Waals surface area contributed by atoms with Gasteiger partial charge >= 0.3 is 0 Å². The number of benzene rings is 1. The van der Waals surface area contributed by atoms with Gasteiger partial charge in [-0.05, 0) is 31.7 Å². The monoisotopic (exact) mass is 409 g/mol. The van der Waals surface area contributed by atoms with E-state index in [1.165, 1.54) is 17.0 Å². The summed E-state index contributed by atoms with van der Waals surface area (Å²) in [5.74, 6) is -0.129. The minimum atomic E-state index is -0.854. The van der Waals surface area contributed by atoms with Crippen molar-refractivity contribution in [2.75, 3.05) is 4.90 Å². The highest BCUT2D eigenvalue weighted by molar-refractivity contribution is 6.17. The average Bonchev–Trinajstić information content (AvgIpc) is 3.29. The summed E-state index contributed by atoms with van der Waals surface area (Å²) in [6, 6.07) is 6.71. The van der Waals surface area contributed by atoms with Crippen LogP contribution in [-0.4, -0.2) is 27.9 Å². The van der Waals surface area contributed by atoms with Crippen molar-refractivity contribution in [1.29, 1.82) is 0 Å². The number of carbonyl (C=O) groups is 2. The molecule has 0 N–H and O–H groups in total. The van der Waals surface area contributed by atoms with Crippen LogP contribution in [0.25, 0.3) is 0 Å². The molecule has 9 nitrogen and oxygen atoms in total. The lowest BCUT2D eigenvalue weighted by Gasteiger charge is -2.35. The maximum atomic E-state index is 13.5. The van der Waals surface area contributed by atoms with Gasteiger partial charge in [0.15, 0.2) is 17.4 Å². The molecule has 3 aliphatic rings. The van der Waals surface area contributed by atoms with Crippen LogP contribution in [0.2, 0.25) is 0 Å². The topological polar surface area (TPSA) is 116 Å². The number of ether oxygens (including phenoxy) is 1. The molecule has 5 rings (SSSR count). The Balaban J connectivity index is 1.67. The van der Waals surface area contributed by atoms with Crippen LogP contribution in [0.4, 0.5) is 11.5 Å². The highest BCUT2D eigenvalue weighted by Gasteiger charge is 2.53. The van der Waals surface area contributed by atoms with Gasteiger partial charge in [-0.1, -0.05) is 23.7 Å². The van der Waals surface area contributed by atoms with Crippen molar-refractivity contribution in [3.8, 4) is 0 Å². The molecule has 30 heavy (non-hydrogen) atoms. The summed E-state index contributed by atoms with van der Waals surface area (Å²) >= 11 is 0. The lowest BCUT2D eigenvalue weighted by molar-refractivity contribution is -0.384. The number of non-ortho nitro benzene ring substituents is 1. The molecule has 3 heterocycles. The Morgan fingerprint density at radius 1 is 1.20 bits per heavy atom. The molecular weight excluding hydrogens is 390 g/mol. The van der Waals surface area contributed by atoms with Gasteiger partial charge in [0.2, 0.25) is 0 Å². The molecule has 2 aliphatic heterocycles. The van der Waals surface area contributed by atoms with Crippen LogP contribution < -0.4 is 4.90 Å². The van der Waals surface area contributed by atoms with E-state index >= 15 is 0 Å². The molecule has 0 bridgehead atoms. The van der Waals surface area contributed by atoms with E-state index in [1.54, 1.807) is 25.1 Å². The molecule has 0 spiro atoms. The van der Waals surface area contributed by atoms with Crippen LogP contribution in [-0.2, 0) is 14.3 Å². The SMILES string of the molecule is Cc1cc(N2C(=O)C3=C(C(=O)C4CCCCC4O3)C2c2cccc([N+](=O)[O-])c2)no1. The second-order valence-electron chi connectivity index (χ2n) is 7.88.